The Morgan fingerprint density at radius 2 is 2.29 bits per heavy atom. The molecule has 0 spiro atoms. The lowest BCUT2D eigenvalue weighted by Gasteiger charge is -1.97. The van der Waals surface area contributed by atoms with Crippen LogP contribution < -0.4 is 0 Å². The van der Waals surface area contributed by atoms with Gasteiger partial charge in [0.1, 0.15) is 0 Å². The lowest BCUT2D eigenvalue weighted by atomic mass is 10.2. The Kier molecular flexibility index (Phi) is 3.19. The van der Waals surface area contributed by atoms with Crippen molar-refractivity contribution in [3.05, 3.63) is 34.4 Å². The summed E-state index contributed by atoms with van der Waals surface area (Å²) in [6.07, 6.45) is 2.11. The molecule has 0 atom stereocenters. The van der Waals surface area contributed by atoms with Gasteiger partial charge in [0, 0.05) is 27.3 Å². The van der Waals surface area contributed by atoms with Crippen molar-refractivity contribution in [2.24, 2.45) is 0 Å². The topological polar surface area (TPSA) is 15.8 Å². The van der Waals surface area contributed by atoms with Crippen molar-refractivity contribution < 1.29 is 0 Å². The number of hydrogen-bond donors (Lipinski definition) is 1. The van der Waals surface area contributed by atoms with E-state index in [1.165, 1.54) is 22.2 Å². The van der Waals surface area contributed by atoms with Gasteiger partial charge in [-0.15, -0.1) is 0 Å². The fraction of sp³-hybridized carbons (Fsp3) is 0.273. The number of aromatic amines is 1. The first kappa shape index (κ1) is 10.1. The molecule has 1 aromatic heterocycles. The number of thioether (sulfide) groups is 1. The molecule has 2 aromatic rings. The van der Waals surface area contributed by atoms with Gasteiger partial charge in [0.25, 0.3) is 0 Å². The largest absolute Gasteiger partial charge is 0.361 e. The van der Waals surface area contributed by atoms with Crippen LogP contribution in [0.5, 0.6) is 0 Å². The molecule has 1 heterocycles. The van der Waals surface area contributed by atoms with Crippen molar-refractivity contribution >= 4 is 38.6 Å². The fourth-order valence-corrected chi connectivity index (χ4v) is 2.51. The van der Waals surface area contributed by atoms with E-state index in [-0.39, 0.29) is 0 Å². The molecule has 0 radical (unpaired) electrons. The zero-order valence-electron chi connectivity index (χ0n) is 8.01. The molecule has 0 saturated heterocycles. The molecule has 0 saturated carbocycles. The SMILES string of the molecule is CCSCc1c[nH]c2ccc(Br)cc12. The Hall–Kier alpha value is -0.410. The number of benzene rings is 1. The van der Waals surface area contributed by atoms with Gasteiger partial charge in [-0.2, -0.15) is 11.8 Å². The van der Waals surface area contributed by atoms with Gasteiger partial charge in [-0.3, -0.25) is 0 Å². The summed E-state index contributed by atoms with van der Waals surface area (Å²) in [7, 11) is 0. The summed E-state index contributed by atoms with van der Waals surface area (Å²) >= 11 is 5.45. The highest BCUT2D eigenvalue weighted by Gasteiger charge is 2.03. The van der Waals surface area contributed by atoms with Gasteiger partial charge in [-0.05, 0) is 29.5 Å². The molecule has 1 N–H and O–H groups in total. The quantitative estimate of drug-likeness (QED) is 0.884. The third-order valence-corrected chi connectivity index (χ3v) is 3.61. The van der Waals surface area contributed by atoms with Crippen LogP contribution in [0.1, 0.15) is 12.5 Å². The first-order valence-electron chi connectivity index (χ1n) is 4.64. The molecule has 3 heteroatoms. The summed E-state index contributed by atoms with van der Waals surface area (Å²) in [5.41, 5.74) is 2.62. The maximum atomic E-state index is 3.50. The minimum Gasteiger partial charge on any atom is -0.361 e. The second-order valence-electron chi connectivity index (χ2n) is 3.14. The smallest absolute Gasteiger partial charge is 0.0457 e. The second-order valence-corrected chi connectivity index (χ2v) is 5.33. The van der Waals surface area contributed by atoms with E-state index in [1.54, 1.807) is 0 Å². The molecule has 2 rings (SSSR count). The van der Waals surface area contributed by atoms with Crippen molar-refractivity contribution in [1.29, 1.82) is 0 Å². The van der Waals surface area contributed by atoms with Crippen molar-refractivity contribution in [1.82, 2.24) is 4.98 Å². The number of aromatic nitrogens is 1. The van der Waals surface area contributed by atoms with Crippen molar-refractivity contribution in [2.75, 3.05) is 5.75 Å². The van der Waals surface area contributed by atoms with Crippen LogP contribution in [0.4, 0.5) is 0 Å². The van der Waals surface area contributed by atoms with E-state index in [4.69, 9.17) is 0 Å². The highest BCUT2D eigenvalue weighted by Crippen LogP contribution is 2.25. The number of fused-ring (bicyclic) bond motifs is 1. The Labute approximate surface area is 96.4 Å². The van der Waals surface area contributed by atoms with Crippen LogP contribution in [-0.4, -0.2) is 10.7 Å². The molecular weight excluding hydrogens is 258 g/mol. The molecule has 74 valence electrons. The summed E-state index contributed by atoms with van der Waals surface area (Å²) in [6.45, 7) is 2.19. The highest BCUT2D eigenvalue weighted by molar-refractivity contribution is 9.10. The molecule has 0 amide bonds. The minimum atomic E-state index is 1.09. The molecule has 0 aliphatic carbocycles. The Morgan fingerprint density at radius 3 is 3.07 bits per heavy atom. The summed E-state index contributed by atoms with van der Waals surface area (Å²) < 4.78 is 1.15. The number of halogens is 1. The van der Waals surface area contributed by atoms with Gasteiger partial charge >= 0.3 is 0 Å². The molecular formula is C11H12BrNS. The van der Waals surface area contributed by atoms with E-state index in [9.17, 15) is 0 Å². The monoisotopic (exact) mass is 269 g/mol. The normalized spacial score (nSPS) is 11.0. The molecule has 1 nitrogen and oxygen atoms in total. The maximum Gasteiger partial charge on any atom is 0.0457 e. The van der Waals surface area contributed by atoms with Gasteiger partial charge in [0.2, 0.25) is 0 Å². The van der Waals surface area contributed by atoms with Crippen LogP contribution in [0, 0.1) is 0 Å². The third kappa shape index (κ3) is 1.98. The third-order valence-electron chi connectivity index (χ3n) is 2.19. The molecule has 0 unspecified atom stereocenters. The van der Waals surface area contributed by atoms with Crippen molar-refractivity contribution in [3.8, 4) is 0 Å². The zero-order chi connectivity index (χ0) is 9.97. The lowest BCUT2D eigenvalue weighted by Crippen LogP contribution is -1.77. The van der Waals surface area contributed by atoms with E-state index in [0.29, 0.717) is 0 Å². The van der Waals surface area contributed by atoms with E-state index in [0.717, 1.165) is 10.2 Å². The van der Waals surface area contributed by atoms with Crippen LogP contribution in [0.2, 0.25) is 0 Å². The molecule has 0 aliphatic heterocycles. The standard InChI is InChI=1S/C11H12BrNS/c1-2-14-7-8-6-13-11-4-3-9(12)5-10(8)11/h3-6,13H,2,7H2,1H3. The minimum absolute atomic E-state index is 1.09. The first-order valence-corrected chi connectivity index (χ1v) is 6.59. The average Bonchev–Trinajstić information content (AvgIpc) is 2.57. The van der Waals surface area contributed by atoms with E-state index >= 15 is 0 Å². The van der Waals surface area contributed by atoms with Crippen LogP contribution in [0.15, 0.2) is 28.9 Å². The number of H-pyrrole nitrogens is 1. The fourth-order valence-electron chi connectivity index (χ4n) is 1.48. The van der Waals surface area contributed by atoms with Gasteiger partial charge in [-0.1, -0.05) is 22.9 Å². The van der Waals surface area contributed by atoms with E-state index in [1.807, 2.05) is 11.8 Å². The van der Waals surface area contributed by atoms with Crippen LogP contribution >= 0.6 is 27.7 Å². The summed E-state index contributed by atoms with van der Waals surface area (Å²) in [5, 5.41) is 1.33. The first-order chi connectivity index (χ1) is 6.81. The van der Waals surface area contributed by atoms with Crippen LogP contribution in [-0.2, 0) is 5.75 Å². The molecule has 14 heavy (non-hydrogen) atoms. The molecule has 0 fully saturated rings. The second kappa shape index (κ2) is 4.41. The van der Waals surface area contributed by atoms with E-state index in [2.05, 4.69) is 52.2 Å². The molecule has 0 bridgehead atoms. The lowest BCUT2D eigenvalue weighted by molar-refractivity contribution is 1.39. The summed E-state index contributed by atoms with van der Waals surface area (Å²) in [6, 6.07) is 6.35. The predicted molar refractivity (Wildman–Crippen MR) is 67.8 cm³/mol. The van der Waals surface area contributed by atoms with Gasteiger partial charge in [0.05, 0.1) is 0 Å². The summed E-state index contributed by atoms with van der Waals surface area (Å²) in [4.78, 5) is 3.29. The van der Waals surface area contributed by atoms with E-state index < -0.39 is 0 Å². The zero-order valence-corrected chi connectivity index (χ0v) is 10.4. The summed E-state index contributed by atoms with van der Waals surface area (Å²) in [5.74, 6) is 2.26. The van der Waals surface area contributed by atoms with Gasteiger partial charge in [-0.25, -0.2) is 0 Å². The molecule has 0 aliphatic rings. The Bertz CT molecular complexity index is 436. The van der Waals surface area contributed by atoms with Gasteiger partial charge in [0.15, 0.2) is 0 Å². The molecule has 1 aromatic carbocycles. The van der Waals surface area contributed by atoms with Gasteiger partial charge < -0.3 is 4.98 Å². The van der Waals surface area contributed by atoms with Crippen LogP contribution in [0.25, 0.3) is 10.9 Å². The van der Waals surface area contributed by atoms with Crippen LogP contribution in [0.3, 0.4) is 0 Å². The van der Waals surface area contributed by atoms with Crippen molar-refractivity contribution in [2.45, 2.75) is 12.7 Å². The number of hydrogen-bond acceptors (Lipinski definition) is 1. The van der Waals surface area contributed by atoms with Crippen molar-refractivity contribution in [3.63, 3.8) is 0 Å². The average molecular weight is 270 g/mol. The number of nitrogens with one attached hydrogen (secondary N) is 1. The Balaban J connectivity index is 2.40. The highest BCUT2D eigenvalue weighted by atomic mass is 79.9. The maximum absolute atomic E-state index is 3.50. The Morgan fingerprint density at radius 1 is 1.43 bits per heavy atom. The number of rotatable bonds is 3. The predicted octanol–water partition coefficient (Wildman–Crippen LogP) is 4.18.